The van der Waals surface area contributed by atoms with E-state index in [0.717, 1.165) is 17.2 Å². The van der Waals surface area contributed by atoms with Crippen molar-refractivity contribution in [3.8, 4) is 23.0 Å². The number of likely N-dealkylation sites (N-methyl/N-ethyl adjacent to an activating group) is 2. The SMILES string of the molecule is C=CC(=O)Nc1cc(Nc2nccc(-c3nc4cc(OC)ccc4n3CC(F)(F)F)n2)c(OC)cc1N(C)CCN(C)C. The zero-order valence-corrected chi connectivity index (χ0v) is 24.5. The average Bonchev–Trinajstić information content (AvgIpc) is 3.32. The maximum Gasteiger partial charge on any atom is 0.406 e. The van der Waals surface area contributed by atoms with Gasteiger partial charge in [-0.15, -0.1) is 0 Å². The lowest BCUT2D eigenvalue weighted by Crippen LogP contribution is -2.29. The average molecular weight is 599 g/mol. The lowest BCUT2D eigenvalue weighted by atomic mass is 10.2. The molecule has 11 nitrogen and oxygen atoms in total. The molecule has 1 amide bonds. The van der Waals surface area contributed by atoms with E-state index in [-0.39, 0.29) is 23.0 Å². The number of alkyl halides is 3. The molecule has 4 rings (SSSR count). The summed E-state index contributed by atoms with van der Waals surface area (Å²) in [5, 5.41) is 5.89. The molecule has 0 spiro atoms. The summed E-state index contributed by atoms with van der Waals surface area (Å²) >= 11 is 0. The Morgan fingerprint density at radius 1 is 1.05 bits per heavy atom. The predicted molar refractivity (Wildman–Crippen MR) is 160 cm³/mol. The third-order valence-electron chi connectivity index (χ3n) is 6.48. The number of nitrogens with zero attached hydrogens (tertiary/aromatic N) is 6. The lowest BCUT2D eigenvalue weighted by Gasteiger charge is -2.26. The Balaban J connectivity index is 1.75. The molecule has 0 saturated carbocycles. The highest BCUT2D eigenvalue weighted by Crippen LogP contribution is 2.38. The summed E-state index contributed by atoms with van der Waals surface area (Å²) in [7, 11) is 8.78. The van der Waals surface area contributed by atoms with Crippen LogP contribution in [0.5, 0.6) is 11.5 Å². The van der Waals surface area contributed by atoms with Crippen LogP contribution in [0.4, 0.5) is 36.2 Å². The first-order valence-corrected chi connectivity index (χ1v) is 13.1. The van der Waals surface area contributed by atoms with E-state index in [1.54, 1.807) is 24.3 Å². The van der Waals surface area contributed by atoms with Crippen molar-refractivity contribution in [2.45, 2.75) is 12.7 Å². The van der Waals surface area contributed by atoms with E-state index < -0.39 is 18.6 Å². The fourth-order valence-corrected chi connectivity index (χ4v) is 4.34. The summed E-state index contributed by atoms with van der Waals surface area (Å²) < 4.78 is 52.7. The first-order chi connectivity index (χ1) is 20.4. The van der Waals surface area contributed by atoms with Gasteiger partial charge in [0.2, 0.25) is 11.9 Å². The van der Waals surface area contributed by atoms with Gasteiger partial charge in [0.1, 0.15) is 23.7 Å². The number of carbonyl (C=O) groups is 1. The largest absolute Gasteiger partial charge is 0.497 e. The van der Waals surface area contributed by atoms with Crippen molar-refractivity contribution in [2.24, 2.45) is 0 Å². The van der Waals surface area contributed by atoms with Crippen molar-refractivity contribution in [1.29, 1.82) is 0 Å². The molecule has 43 heavy (non-hydrogen) atoms. The zero-order valence-electron chi connectivity index (χ0n) is 24.5. The minimum absolute atomic E-state index is 0.00907. The van der Waals surface area contributed by atoms with Gasteiger partial charge < -0.3 is 34.5 Å². The van der Waals surface area contributed by atoms with Gasteiger partial charge in [-0.2, -0.15) is 13.2 Å². The van der Waals surface area contributed by atoms with E-state index in [1.165, 1.54) is 32.5 Å². The Bertz CT molecular complexity index is 1620. The number of ether oxygens (including phenoxy) is 2. The van der Waals surface area contributed by atoms with E-state index in [4.69, 9.17) is 9.47 Å². The lowest BCUT2D eigenvalue weighted by molar-refractivity contribution is -0.139. The number of aromatic nitrogens is 4. The molecule has 0 radical (unpaired) electrons. The van der Waals surface area contributed by atoms with Crippen molar-refractivity contribution in [3.05, 3.63) is 55.3 Å². The number of halogens is 3. The third-order valence-corrected chi connectivity index (χ3v) is 6.48. The first-order valence-electron chi connectivity index (χ1n) is 13.1. The van der Waals surface area contributed by atoms with Crippen LogP contribution < -0.4 is 25.0 Å². The highest BCUT2D eigenvalue weighted by Gasteiger charge is 2.31. The molecule has 0 unspecified atom stereocenters. The van der Waals surface area contributed by atoms with Crippen LogP contribution in [0.1, 0.15) is 0 Å². The number of fused-ring (bicyclic) bond motifs is 1. The van der Waals surface area contributed by atoms with Gasteiger partial charge in [-0.1, -0.05) is 6.58 Å². The zero-order chi connectivity index (χ0) is 31.3. The van der Waals surface area contributed by atoms with Crippen molar-refractivity contribution >= 4 is 40.0 Å². The number of imidazole rings is 1. The summed E-state index contributed by atoms with van der Waals surface area (Å²) in [5.41, 5.74) is 2.36. The second-order valence-electron chi connectivity index (χ2n) is 9.87. The van der Waals surface area contributed by atoms with Crippen LogP contribution in [0.25, 0.3) is 22.6 Å². The van der Waals surface area contributed by atoms with Gasteiger partial charge in [0, 0.05) is 38.5 Å². The molecule has 0 aliphatic rings. The molecule has 2 N–H and O–H groups in total. The summed E-state index contributed by atoms with van der Waals surface area (Å²) in [5.74, 6) is 0.567. The van der Waals surface area contributed by atoms with Crippen molar-refractivity contribution in [3.63, 3.8) is 0 Å². The quantitative estimate of drug-likeness (QED) is 0.219. The van der Waals surface area contributed by atoms with E-state index in [1.807, 2.05) is 30.9 Å². The number of anilines is 4. The number of benzene rings is 2. The van der Waals surface area contributed by atoms with Gasteiger partial charge >= 0.3 is 6.18 Å². The van der Waals surface area contributed by atoms with Gasteiger partial charge in [0.25, 0.3) is 0 Å². The van der Waals surface area contributed by atoms with Gasteiger partial charge in [0.15, 0.2) is 5.82 Å². The van der Waals surface area contributed by atoms with Crippen LogP contribution >= 0.6 is 0 Å². The topological polar surface area (TPSA) is 110 Å². The summed E-state index contributed by atoms with van der Waals surface area (Å²) in [6, 6.07) is 9.57. The third kappa shape index (κ3) is 7.52. The molecule has 2 heterocycles. The van der Waals surface area contributed by atoms with E-state index in [0.29, 0.717) is 40.6 Å². The Labute approximate surface area is 246 Å². The number of nitrogens with one attached hydrogen (secondary N) is 2. The van der Waals surface area contributed by atoms with Crippen LogP contribution in [0.15, 0.2) is 55.3 Å². The van der Waals surface area contributed by atoms with Crippen LogP contribution in [0, 0.1) is 0 Å². The molecule has 0 saturated heterocycles. The van der Waals surface area contributed by atoms with Crippen LogP contribution in [-0.2, 0) is 11.3 Å². The van der Waals surface area contributed by atoms with Gasteiger partial charge in [-0.25, -0.2) is 15.0 Å². The number of carbonyl (C=O) groups excluding carboxylic acids is 1. The Hall–Kier alpha value is -4.85. The van der Waals surface area contributed by atoms with E-state index in [2.05, 4.69) is 32.2 Å². The number of hydrogen-bond acceptors (Lipinski definition) is 9. The maximum atomic E-state index is 13.6. The highest BCUT2D eigenvalue weighted by atomic mass is 19.4. The Morgan fingerprint density at radius 3 is 2.47 bits per heavy atom. The maximum absolute atomic E-state index is 13.6. The Kier molecular flexibility index (Phi) is 9.39. The second-order valence-corrected chi connectivity index (χ2v) is 9.87. The minimum atomic E-state index is -4.50. The molecular weight excluding hydrogens is 565 g/mol. The standard InChI is InChI=1S/C29H33F3N8O3/c1-7-26(41)34-21-15-22(25(43-6)16-24(21)39(4)13-12-38(2)3)37-28-33-11-10-19(36-28)27-35-20-14-18(42-5)8-9-23(20)40(27)17-29(30,31)32/h7-11,14-16H,1,12-13,17H2,2-6H3,(H,34,41)(H,33,36,37). The predicted octanol–water partition coefficient (Wildman–Crippen LogP) is 4.94. The molecule has 0 atom stereocenters. The molecule has 14 heteroatoms. The summed E-state index contributed by atoms with van der Waals surface area (Å²) in [6.07, 6.45) is -1.92. The molecular formula is C29H33F3N8O3. The Morgan fingerprint density at radius 2 is 1.81 bits per heavy atom. The minimum Gasteiger partial charge on any atom is -0.497 e. The number of rotatable bonds is 12. The molecule has 4 aromatic rings. The highest BCUT2D eigenvalue weighted by molar-refractivity contribution is 6.02. The normalized spacial score (nSPS) is 11.5. The monoisotopic (exact) mass is 598 g/mol. The summed E-state index contributed by atoms with van der Waals surface area (Å²) in [4.78, 5) is 29.5. The van der Waals surface area contributed by atoms with Crippen LogP contribution in [-0.4, -0.2) is 85.0 Å². The smallest absolute Gasteiger partial charge is 0.406 e. The van der Waals surface area contributed by atoms with Crippen LogP contribution in [0.3, 0.4) is 0 Å². The van der Waals surface area contributed by atoms with E-state index in [9.17, 15) is 18.0 Å². The molecule has 0 bridgehead atoms. The molecule has 2 aromatic heterocycles. The molecule has 228 valence electrons. The molecule has 0 aliphatic carbocycles. The second kappa shape index (κ2) is 13.0. The first kappa shape index (κ1) is 31.1. The van der Waals surface area contributed by atoms with Gasteiger partial charge in [-0.3, -0.25) is 4.79 Å². The molecule has 0 fully saturated rings. The van der Waals surface area contributed by atoms with Crippen LogP contribution in [0.2, 0.25) is 0 Å². The van der Waals surface area contributed by atoms with Crippen molar-refractivity contribution < 1.29 is 27.4 Å². The number of methoxy groups -OCH3 is 2. The fraction of sp³-hybridized carbons (Fsp3) is 0.310. The molecule has 0 aliphatic heterocycles. The van der Waals surface area contributed by atoms with Gasteiger partial charge in [0.05, 0.1) is 42.3 Å². The summed E-state index contributed by atoms with van der Waals surface area (Å²) in [6.45, 7) is 3.69. The molecule has 2 aromatic carbocycles. The fourth-order valence-electron chi connectivity index (χ4n) is 4.34. The van der Waals surface area contributed by atoms with Gasteiger partial charge in [-0.05, 0) is 44.4 Å². The van der Waals surface area contributed by atoms with Crippen molar-refractivity contribution in [2.75, 3.05) is 64.0 Å². The van der Waals surface area contributed by atoms with Crippen molar-refractivity contribution in [1.82, 2.24) is 24.4 Å². The van der Waals surface area contributed by atoms with E-state index >= 15 is 0 Å². The number of hydrogen-bond donors (Lipinski definition) is 2. The number of amides is 1.